The zero-order valence-corrected chi connectivity index (χ0v) is 17.5. The Bertz CT molecular complexity index is 1200. The van der Waals surface area contributed by atoms with Gasteiger partial charge in [-0.2, -0.15) is 0 Å². The van der Waals surface area contributed by atoms with Crippen molar-refractivity contribution in [1.82, 2.24) is 29.7 Å². The van der Waals surface area contributed by atoms with Gasteiger partial charge in [-0.1, -0.05) is 18.2 Å². The molecule has 0 saturated carbocycles. The van der Waals surface area contributed by atoms with Crippen molar-refractivity contribution in [2.75, 3.05) is 13.1 Å². The summed E-state index contributed by atoms with van der Waals surface area (Å²) >= 11 is 0. The first-order valence-electron chi connectivity index (χ1n) is 10.7. The monoisotopic (exact) mass is 434 g/mol. The summed E-state index contributed by atoms with van der Waals surface area (Å²) in [6.07, 6.45) is 6.62. The van der Waals surface area contributed by atoms with Crippen LogP contribution in [0.4, 0.5) is 4.39 Å². The predicted octanol–water partition coefficient (Wildman–Crippen LogP) is 2.23. The Balaban J connectivity index is 1.37. The molecule has 9 heteroatoms. The third kappa shape index (κ3) is 3.91. The number of nitrogens with zero attached hydrogens (tertiary/aromatic N) is 5. The fourth-order valence-electron chi connectivity index (χ4n) is 4.51. The van der Waals surface area contributed by atoms with Crippen molar-refractivity contribution in [1.29, 1.82) is 0 Å². The number of rotatable bonds is 4. The number of nitrogens with one attached hydrogen (secondary N) is 1. The van der Waals surface area contributed by atoms with Crippen LogP contribution in [0.25, 0.3) is 0 Å². The summed E-state index contributed by atoms with van der Waals surface area (Å²) in [5.74, 6) is 0.0675. The van der Waals surface area contributed by atoms with E-state index in [0.29, 0.717) is 49.6 Å². The number of hydrogen-bond donors (Lipinski definition) is 1. The highest BCUT2D eigenvalue weighted by Crippen LogP contribution is 2.31. The summed E-state index contributed by atoms with van der Waals surface area (Å²) in [5.41, 5.74) is 2.07. The molecule has 1 amide bonds. The van der Waals surface area contributed by atoms with Gasteiger partial charge in [0.2, 0.25) is 0 Å². The fraction of sp³-hybridized carbons (Fsp3) is 0.348. The summed E-state index contributed by atoms with van der Waals surface area (Å²) in [6.45, 7) is 2.12. The number of H-pyrrole nitrogens is 1. The van der Waals surface area contributed by atoms with Crippen LogP contribution in [0.5, 0.6) is 0 Å². The zero-order chi connectivity index (χ0) is 22.1. The van der Waals surface area contributed by atoms with E-state index < -0.39 is 0 Å². The lowest BCUT2D eigenvalue weighted by atomic mass is 10.0. The molecule has 164 valence electrons. The molecule has 1 N–H and O–H groups in total. The molecule has 0 spiro atoms. The van der Waals surface area contributed by atoms with E-state index in [1.165, 1.54) is 24.7 Å². The van der Waals surface area contributed by atoms with Crippen molar-refractivity contribution in [3.05, 3.63) is 87.4 Å². The highest BCUT2D eigenvalue weighted by Gasteiger charge is 2.34. The Labute approximate surface area is 184 Å². The quantitative estimate of drug-likeness (QED) is 0.677. The zero-order valence-electron chi connectivity index (χ0n) is 17.5. The van der Waals surface area contributed by atoms with Crippen LogP contribution < -0.4 is 5.56 Å². The van der Waals surface area contributed by atoms with Crippen molar-refractivity contribution in [2.24, 2.45) is 0 Å². The third-order valence-electron chi connectivity index (χ3n) is 6.13. The standard InChI is InChI=1S/C23H23FN6O2/c24-17-5-2-1-4-15(17)13-29-11-7-18-16(14-29)22(31)28-21(27-18)20-6-3-10-30(20)23(32)19-12-25-8-9-26-19/h1-2,4-5,8-9,12,20H,3,6-7,10-11,13-14H2,(H,27,28,31)/t20-/m1/s1. The van der Waals surface area contributed by atoms with E-state index in [-0.39, 0.29) is 29.0 Å². The van der Waals surface area contributed by atoms with Crippen LogP contribution in [-0.4, -0.2) is 48.7 Å². The second kappa shape index (κ2) is 8.58. The van der Waals surface area contributed by atoms with E-state index >= 15 is 0 Å². The number of halogens is 1. The number of aromatic nitrogens is 4. The van der Waals surface area contributed by atoms with Crippen LogP contribution >= 0.6 is 0 Å². The minimum atomic E-state index is -0.293. The average molecular weight is 434 g/mol. The molecule has 0 radical (unpaired) electrons. The van der Waals surface area contributed by atoms with Crippen LogP contribution in [0.1, 0.15) is 52.0 Å². The SMILES string of the molecule is O=C(c1cnccn1)N1CCC[C@@H]1c1nc2c(c(=O)[nH]1)CN(Cc1ccccc1F)CC2. The van der Waals surface area contributed by atoms with Gasteiger partial charge in [-0.05, 0) is 18.9 Å². The van der Waals surface area contributed by atoms with E-state index in [4.69, 9.17) is 4.98 Å². The summed E-state index contributed by atoms with van der Waals surface area (Å²) < 4.78 is 14.0. The van der Waals surface area contributed by atoms with Crippen molar-refractivity contribution < 1.29 is 9.18 Å². The molecule has 0 aliphatic carbocycles. The van der Waals surface area contributed by atoms with Crippen molar-refractivity contribution in [2.45, 2.75) is 38.4 Å². The Kier molecular flexibility index (Phi) is 5.48. The van der Waals surface area contributed by atoms with Crippen LogP contribution in [0.3, 0.4) is 0 Å². The molecule has 5 rings (SSSR count). The number of likely N-dealkylation sites (tertiary alicyclic amines) is 1. The van der Waals surface area contributed by atoms with Gasteiger partial charge in [0.05, 0.1) is 23.5 Å². The predicted molar refractivity (Wildman–Crippen MR) is 114 cm³/mol. The minimum Gasteiger partial charge on any atom is -0.327 e. The lowest BCUT2D eigenvalue weighted by molar-refractivity contribution is 0.0722. The first kappa shape index (κ1) is 20.4. The number of aromatic amines is 1. The molecule has 2 aromatic heterocycles. The molecule has 2 aliphatic heterocycles. The van der Waals surface area contributed by atoms with Gasteiger partial charge in [-0.3, -0.25) is 19.5 Å². The van der Waals surface area contributed by atoms with Crippen LogP contribution in [0.15, 0.2) is 47.7 Å². The average Bonchev–Trinajstić information content (AvgIpc) is 3.31. The Morgan fingerprint density at radius 3 is 2.91 bits per heavy atom. The largest absolute Gasteiger partial charge is 0.327 e. The van der Waals surface area contributed by atoms with Gasteiger partial charge in [0, 0.05) is 50.6 Å². The molecule has 8 nitrogen and oxygen atoms in total. The van der Waals surface area contributed by atoms with Crippen LogP contribution in [0.2, 0.25) is 0 Å². The molecule has 3 aromatic rings. The van der Waals surface area contributed by atoms with E-state index in [1.54, 1.807) is 17.0 Å². The second-order valence-electron chi connectivity index (χ2n) is 8.18. The smallest absolute Gasteiger partial charge is 0.274 e. The number of carbonyl (C=O) groups excluding carboxylic acids is 1. The van der Waals surface area contributed by atoms with Crippen molar-refractivity contribution in [3.63, 3.8) is 0 Å². The highest BCUT2D eigenvalue weighted by atomic mass is 19.1. The molecule has 1 aromatic carbocycles. The normalized spacial score (nSPS) is 18.5. The number of amides is 1. The van der Waals surface area contributed by atoms with Gasteiger partial charge in [0.25, 0.3) is 11.5 Å². The van der Waals surface area contributed by atoms with Crippen molar-refractivity contribution >= 4 is 5.91 Å². The first-order chi connectivity index (χ1) is 15.6. The number of fused-ring (bicyclic) bond motifs is 1. The Morgan fingerprint density at radius 2 is 2.09 bits per heavy atom. The lowest BCUT2D eigenvalue weighted by Gasteiger charge is -2.29. The third-order valence-corrected chi connectivity index (χ3v) is 6.13. The maximum Gasteiger partial charge on any atom is 0.274 e. The maximum atomic E-state index is 14.0. The number of hydrogen-bond acceptors (Lipinski definition) is 6. The van der Waals surface area contributed by atoms with Gasteiger partial charge in [-0.25, -0.2) is 14.4 Å². The van der Waals surface area contributed by atoms with E-state index in [9.17, 15) is 14.0 Å². The van der Waals surface area contributed by atoms with Crippen molar-refractivity contribution in [3.8, 4) is 0 Å². The summed E-state index contributed by atoms with van der Waals surface area (Å²) in [6, 6.07) is 6.40. The number of benzene rings is 1. The van der Waals surface area contributed by atoms with Gasteiger partial charge < -0.3 is 9.88 Å². The molecule has 1 atom stereocenters. The second-order valence-corrected chi connectivity index (χ2v) is 8.18. The molecular weight excluding hydrogens is 411 g/mol. The molecule has 1 saturated heterocycles. The molecule has 4 heterocycles. The van der Waals surface area contributed by atoms with Gasteiger partial charge in [0.1, 0.15) is 17.3 Å². The molecule has 0 unspecified atom stereocenters. The summed E-state index contributed by atoms with van der Waals surface area (Å²) in [4.78, 5) is 45.4. The first-order valence-corrected chi connectivity index (χ1v) is 10.7. The molecule has 2 aliphatic rings. The Hall–Kier alpha value is -3.46. The van der Waals surface area contributed by atoms with Gasteiger partial charge >= 0.3 is 0 Å². The summed E-state index contributed by atoms with van der Waals surface area (Å²) in [7, 11) is 0. The molecule has 32 heavy (non-hydrogen) atoms. The van der Waals surface area contributed by atoms with E-state index in [2.05, 4.69) is 19.9 Å². The van der Waals surface area contributed by atoms with Crippen LogP contribution in [0, 0.1) is 5.82 Å². The highest BCUT2D eigenvalue weighted by molar-refractivity contribution is 5.92. The number of carbonyl (C=O) groups is 1. The molecular formula is C23H23FN6O2. The minimum absolute atomic E-state index is 0.193. The Morgan fingerprint density at radius 1 is 1.22 bits per heavy atom. The maximum absolute atomic E-state index is 14.0. The topological polar surface area (TPSA) is 95.1 Å². The van der Waals surface area contributed by atoms with Crippen LogP contribution in [-0.2, 0) is 19.5 Å². The molecule has 1 fully saturated rings. The fourth-order valence-corrected chi connectivity index (χ4v) is 4.51. The van der Waals surface area contributed by atoms with Gasteiger partial charge in [-0.15, -0.1) is 0 Å². The molecule has 0 bridgehead atoms. The summed E-state index contributed by atoms with van der Waals surface area (Å²) in [5, 5.41) is 0. The lowest BCUT2D eigenvalue weighted by Crippen LogP contribution is -2.38. The van der Waals surface area contributed by atoms with Gasteiger partial charge in [0.15, 0.2) is 0 Å². The van der Waals surface area contributed by atoms with E-state index in [1.807, 2.05) is 6.07 Å². The van der Waals surface area contributed by atoms with E-state index in [0.717, 1.165) is 18.5 Å².